The fourth-order valence-corrected chi connectivity index (χ4v) is 9.82. The highest BCUT2D eigenvalue weighted by molar-refractivity contribution is 7.73. The topological polar surface area (TPSA) is 0 Å². The summed E-state index contributed by atoms with van der Waals surface area (Å²) in [4.78, 5) is 0. The third-order valence-corrected chi connectivity index (χ3v) is 11.7. The first kappa shape index (κ1) is 39.3. The first-order valence-electron chi connectivity index (χ1n) is 15.3. The van der Waals surface area contributed by atoms with Crippen LogP contribution in [0.4, 0.5) is 52.7 Å². The van der Waals surface area contributed by atoms with E-state index in [1.807, 2.05) is 65.8 Å². The Kier molecular flexibility index (Phi) is 11.0. The predicted octanol–water partition coefficient (Wildman–Crippen LogP) is 10.4. The van der Waals surface area contributed by atoms with E-state index in [-0.39, 0.29) is 24.6 Å². The Labute approximate surface area is 283 Å². The maximum Gasteiger partial charge on any atom is 0.416 e. The largest absolute Gasteiger partial charge is 0.416 e. The zero-order chi connectivity index (χ0) is 37.7. The van der Waals surface area contributed by atoms with Crippen molar-refractivity contribution in [1.29, 1.82) is 0 Å². The summed E-state index contributed by atoms with van der Waals surface area (Å²) in [6, 6.07) is 8.91. The van der Waals surface area contributed by atoms with Gasteiger partial charge >= 0.3 is 24.7 Å². The molecule has 0 aliphatic carbocycles. The molecule has 4 aromatic rings. The van der Waals surface area contributed by atoms with Crippen molar-refractivity contribution in [3.8, 4) is 0 Å². The van der Waals surface area contributed by atoms with Gasteiger partial charge < -0.3 is 0 Å². The van der Waals surface area contributed by atoms with E-state index in [0.717, 1.165) is 44.0 Å². The Morgan fingerprint density at radius 3 is 0.920 bits per heavy atom. The van der Waals surface area contributed by atoms with Crippen molar-refractivity contribution in [1.82, 2.24) is 0 Å². The lowest BCUT2D eigenvalue weighted by Crippen LogP contribution is -2.45. The maximum atomic E-state index is 14.0. The van der Waals surface area contributed by atoms with E-state index in [0.29, 0.717) is 24.3 Å². The third kappa shape index (κ3) is 8.87. The molecular formula is C36H32BF12P. The second-order valence-electron chi connectivity index (χ2n) is 12.7. The zero-order valence-corrected chi connectivity index (χ0v) is 28.6. The van der Waals surface area contributed by atoms with Gasteiger partial charge in [-0.25, -0.2) is 0 Å². The Balaban J connectivity index is 2.05. The monoisotopic (exact) mass is 734 g/mol. The van der Waals surface area contributed by atoms with Crippen LogP contribution in [-0.4, -0.2) is 12.9 Å². The number of benzene rings is 4. The fourth-order valence-electron chi connectivity index (χ4n) is 6.68. The molecule has 0 unspecified atom stereocenters. The summed E-state index contributed by atoms with van der Waals surface area (Å²) in [5.41, 5.74) is -3.07. The number of hydrogen-bond acceptors (Lipinski definition) is 0. The van der Waals surface area contributed by atoms with E-state index >= 15 is 0 Å². The molecular weight excluding hydrogens is 702 g/mol. The third-order valence-electron chi connectivity index (χ3n) is 8.48. The highest BCUT2D eigenvalue weighted by atomic mass is 31.1. The second kappa shape index (κ2) is 13.9. The summed E-state index contributed by atoms with van der Waals surface area (Å²) in [7, 11) is -1.48. The summed E-state index contributed by atoms with van der Waals surface area (Å²) in [5, 5.41) is 1.72. The van der Waals surface area contributed by atoms with Crippen molar-refractivity contribution in [3.63, 3.8) is 0 Å². The molecule has 0 N–H and O–H groups in total. The Bertz CT molecular complexity index is 1640. The Morgan fingerprint density at radius 1 is 0.420 bits per heavy atom. The van der Waals surface area contributed by atoms with E-state index in [2.05, 4.69) is 0 Å². The SMILES string of the molecule is Cc1cc(C)c(P(CCB(c2cc(C(F)(F)F)cc(C(F)(F)F)c2)c2cc(C(F)(F)F)cc(C(F)(F)F)c2)c2c(C)cc(C)cc2C)c(C)c1. The molecule has 4 rings (SSSR count). The van der Waals surface area contributed by atoms with Crippen LogP contribution in [0.2, 0.25) is 6.32 Å². The normalized spacial score (nSPS) is 12.9. The lowest BCUT2D eigenvalue weighted by atomic mass is 9.38. The van der Waals surface area contributed by atoms with Gasteiger partial charge in [-0.1, -0.05) is 76.9 Å². The van der Waals surface area contributed by atoms with Crippen LogP contribution < -0.4 is 21.5 Å². The molecule has 0 aliphatic heterocycles. The minimum absolute atomic E-state index is 0.0185. The van der Waals surface area contributed by atoms with Crippen molar-refractivity contribution in [2.75, 3.05) is 6.16 Å². The van der Waals surface area contributed by atoms with Gasteiger partial charge in [0.2, 0.25) is 6.71 Å². The highest BCUT2D eigenvalue weighted by Gasteiger charge is 2.41. The molecule has 0 radical (unpaired) electrons. The first-order chi connectivity index (χ1) is 22.8. The number of alkyl halides is 12. The Morgan fingerprint density at radius 2 is 0.680 bits per heavy atom. The van der Waals surface area contributed by atoms with Gasteiger partial charge in [0.15, 0.2) is 0 Å². The molecule has 0 amide bonds. The van der Waals surface area contributed by atoms with Crippen LogP contribution in [0.1, 0.15) is 55.6 Å². The predicted molar refractivity (Wildman–Crippen MR) is 175 cm³/mol. The molecule has 0 aromatic heterocycles. The molecule has 0 bridgehead atoms. The maximum absolute atomic E-state index is 14.0. The average molecular weight is 734 g/mol. The minimum Gasteiger partial charge on any atom is -0.166 e. The van der Waals surface area contributed by atoms with E-state index < -0.39 is 72.5 Å². The molecule has 0 heterocycles. The number of halogens is 12. The van der Waals surface area contributed by atoms with Crippen molar-refractivity contribution < 1.29 is 52.7 Å². The molecule has 0 spiro atoms. The summed E-state index contributed by atoms with van der Waals surface area (Å²) in [6.07, 6.45) is -21.6. The van der Waals surface area contributed by atoms with Crippen molar-refractivity contribution in [2.45, 2.75) is 72.6 Å². The van der Waals surface area contributed by atoms with Gasteiger partial charge in [-0.2, -0.15) is 52.7 Å². The molecule has 14 heteroatoms. The van der Waals surface area contributed by atoms with Crippen LogP contribution in [0.5, 0.6) is 0 Å². The minimum atomic E-state index is -5.30. The van der Waals surface area contributed by atoms with Gasteiger partial charge in [0.1, 0.15) is 0 Å². The second-order valence-corrected chi connectivity index (χ2v) is 14.9. The molecule has 0 saturated carbocycles. The van der Waals surface area contributed by atoms with Gasteiger partial charge in [-0.05, 0) is 101 Å². The van der Waals surface area contributed by atoms with Crippen LogP contribution >= 0.6 is 7.92 Å². The molecule has 0 nitrogen and oxygen atoms in total. The average Bonchev–Trinajstić information content (AvgIpc) is 2.94. The smallest absolute Gasteiger partial charge is 0.166 e. The lowest BCUT2D eigenvalue weighted by Gasteiger charge is -2.29. The van der Waals surface area contributed by atoms with Gasteiger partial charge in [0.25, 0.3) is 0 Å². The quantitative estimate of drug-likeness (QED) is 0.101. The molecule has 0 fully saturated rings. The van der Waals surface area contributed by atoms with Crippen LogP contribution in [0.15, 0.2) is 60.7 Å². The van der Waals surface area contributed by atoms with Gasteiger partial charge in [-0.3, -0.25) is 0 Å². The first-order valence-corrected chi connectivity index (χ1v) is 16.8. The molecule has 0 aliphatic rings. The molecule has 268 valence electrons. The summed E-state index contributed by atoms with van der Waals surface area (Å²) < 4.78 is 168. The van der Waals surface area contributed by atoms with Crippen LogP contribution in [0.25, 0.3) is 0 Å². The summed E-state index contributed by atoms with van der Waals surface area (Å²) in [5.74, 6) is 0. The van der Waals surface area contributed by atoms with Gasteiger partial charge in [-0.15, -0.1) is 0 Å². The van der Waals surface area contributed by atoms with Crippen LogP contribution in [0, 0.1) is 41.5 Å². The molecule has 0 saturated heterocycles. The zero-order valence-electron chi connectivity index (χ0n) is 27.7. The van der Waals surface area contributed by atoms with Crippen molar-refractivity contribution in [2.24, 2.45) is 0 Å². The van der Waals surface area contributed by atoms with E-state index in [4.69, 9.17) is 0 Å². The molecule has 4 aromatic carbocycles. The van der Waals surface area contributed by atoms with Crippen molar-refractivity contribution >= 4 is 36.2 Å². The van der Waals surface area contributed by atoms with Crippen LogP contribution in [-0.2, 0) is 24.7 Å². The lowest BCUT2D eigenvalue weighted by molar-refractivity contribution is -0.144. The molecule has 50 heavy (non-hydrogen) atoms. The van der Waals surface area contributed by atoms with Crippen molar-refractivity contribution in [3.05, 3.63) is 116 Å². The number of hydrogen-bond donors (Lipinski definition) is 0. The number of rotatable bonds is 7. The summed E-state index contributed by atoms with van der Waals surface area (Å²) >= 11 is 0. The molecule has 0 atom stereocenters. The van der Waals surface area contributed by atoms with E-state index in [9.17, 15) is 52.7 Å². The van der Waals surface area contributed by atoms with E-state index in [1.54, 1.807) is 0 Å². The highest BCUT2D eigenvalue weighted by Crippen LogP contribution is 2.42. The summed E-state index contributed by atoms with van der Waals surface area (Å²) in [6.45, 7) is 9.45. The van der Waals surface area contributed by atoms with E-state index in [1.165, 1.54) is 0 Å². The number of aryl methyl sites for hydroxylation is 6. The standard InChI is InChI=1S/C36H32BF12P/c1-19-9-21(3)31(22(4)10-19)50(32-23(5)11-20(2)12-24(32)6)8-7-37(29-15-25(33(38,39)40)13-26(16-29)34(41,42)43)30-17-27(35(44,45)46)14-28(18-30)36(47,48)49/h9-18H,7-8H2,1-6H3. The Hall–Kier alpha value is -3.47. The fraction of sp³-hybridized carbons (Fsp3) is 0.333. The van der Waals surface area contributed by atoms with Gasteiger partial charge in [0, 0.05) is 0 Å². The van der Waals surface area contributed by atoms with Crippen LogP contribution in [0.3, 0.4) is 0 Å². The van der Waals surface area contributed by atoms with Gasteiger partial charge in [0.05, 0.1) is 22.3 Å².